The Labute approximate surface area is 212 Å². The van der Waals surface area contributed by atoms with Crippen LogP contribution in [-0.4, -0.2) is 59.4 Å². The number of carbonyl (C=O) groups is 1. The second kappa shape index (κ2) is 9.00. The fourth-order valence-electron chi connectivity index (χ4n) is 4.42. The minimum atomic E-state index is -0.118. The maximum atomic E-state index is 13.2. The molecule has 1 N–H and O–H groups in total. The Morgan fingerprint density at radius 3 is 2.63 bits per heavy atom. The summed E-state index contributed by atoms with van der Waals surface area (Å²) in [5.74, 6) is 0.406. The van der Waals surface area contributed by atoms with Gasteiger partial charge in [0.25, 0.3) is 5.91 Å². The third-order valence-electron chi connectivity index (χ3n) is 6.35. The fraction of sp³-hybridized carbons (Fsp3) is 0.192. The van der Waals surface area contributed by atoms with Crippen LogP contribution in [0.15, 0.2) is 70.1 Å². The van der Waals surface area contributed by atoms with Gasteiger partial charge in [0.05, 0.1) is 10.0 Å². The quantitative estimate of drug-likeness (QED) is 0.404. The largest absolute Gasteiger partial charge is 0.436 e. The Kier molecular flexibility index (Phi) is 5.68. The van der Waals surface area contributed by atoms with Crippen LogP contribution >= 0.6 is 23.2 Å². The lowest BCUT2D eigenvalue weighted by Gasteiger charge is -2.39. The van der Waals surface area contributed by atoms with Crippen molar-refractivity contribution in [3.63, 3.8) is 0 Å². The number of nitrogens with zero attached hydrogens (tertiary/aromatic N) is 4. The van der Waals surface area contributed by atoms with E-state index in [0.717, 1.165) is 29.9 Å². The second-order valence-corrected chi connectivity index (χ2v) is 9.36. The Balaban J connectivity index is 1.14. The van der Waals surface area contributed by atoms with Crippen LogP contribution in [0, 0.1) is 0 Å². The van der Waals surface area contributed by atoms with Crippen LogP contribution in [0.25, 0.3) is 22.6 Å². The highest BCUT2D eigenvalue weighted by Gasteiger charge is 2.28. The molecule has 3 heterocycles. The molecule has 35 heavy (non-hydrogen) atoms. The normalized spacial score (nSPS) is 17.9. The Morgan fingerprint density at radius 1 is 0.971 bits per heavy atom. The summed E-state index contributed by atoms with van der Waals surface area (Å²) < 4.78 is 5.94. The molecule has 2 aliphatic rings. The van der Waals surface area contributed by atoms with Crippen molar-refractivity contribution in [3.8, 4) is 11.5 Å². The average Bonchev–Trinajstić information content (AvgIpc) is 3.33. The summed E-state index contributed by atoms with van der Waals surface area (Å²) in [6, 6.07) is 18.7. The number of amides is 1. The molecule has 0 aliphatic carbocycles. The molecule has 0 spiro atoms. The smallest absolute Gasteiger partial charge is 0.254 e. The first-order chi connectivity index (χ1) is 17.0. The molecule has 4 aromatic rings. The van der Waals surface area contributed by atoms with Gasteiger partial charge < -0.3 is 14.6 Å². The van der Waals surface area contributed by atoms with Crippen molar-refractivity contribution in [2.75, 3.05) is 31.5 Å². The lowest BCUT2D eigenvalue weighted by atomic mass is 10.1. The van der Waals surface area contributed by atoms with Crippen molar-refractivity contribution >= 4 is 52.1 Å². The number of hydrogen-bond acceptors (Lipinski definition) is 6. The number of fused-ring (bicyclic) bond motifs is 2. The van der Waals surface area contributed by atoms with E-state index in [2.05, 4.69) is 26.3 Å². The number of nitrogens with one attached hydrogen (secondary N) is 1. The van der Waals surface area contributed by atoms with Crippen LogP contribution in [0.3, 0.4) is 0 Å². The van der Waals surface area contributed by atoms with Gasteiger partial charge in [0.15, 0.2) is 11.9 Å². The van der Waals surface area contributed by atoms with Crippen LogP contribution in [0.2, 0.25) is 10.0 Å². The summed E-state index contributed by atoms with van der Waals surface area (Å²) in [4.78, 5) is 26.5. The van der Waals surface area contributed by atoms with Crippen LogP contribution < -0.4 is 5.32 Å². The van der Waals surface area contributed by atoms with E-state index >= 15 is 0 Å². The molecule has 1 unspecified atom stereocenters. The fourth-order valence-corrected chi connectivity index (χ4v) is 4.71. The van der Waals surface area contributed by atoms with Gasteiger partial charge in [0.1, 0.15) is 5.52 Å². The van der Waals surface area contributed by atoms with Gasteiger partial charge in [-0.2, -0.15) is 0 Å². The summed E-state index contributed by atoms with van der Waals surface area (Å²) in [7, 11) is 0. The number of benzene rings is 3. The van der Waals surface area contributed by atoms with Crippen LogP contribution in [-0.2, 0) is 0 Å². The minimum Gasteiger partial charge on any atom is -0.436 e. The van der Waals surface area contributed by atoms with E-state index in [1.165, 1.54) is 0 Å². The molecule has 1 aromatic heterocycles. The first-order valence-corrected chi connectivity index (χ1v) is 12.1. The highest BCUT2D eigenvalue weighted by molar-refractivity contribution is 6.42. The number of anilines is 1. The van der Waals surface area contributed by atoms with Gasteiger partial charge in [-0.25, -0.2) is 4.98 Å². The predicted molar refractivity (Wildman–Crippen MR) is 138 cm³/mol. The maximum Gasteiger partial charge on any atom is 0.254 e. The van der Waals surface area contributed by atoms with Crippen LogP contribution in [0.5, 0.6) is 0 Å². The average molecular weight is 506 g/mol. The van der Waals surface area contributed by atoms with Crippen molar-refractivity contribution in [2.45, 2.75) is 6.29 Å². The molecule has 1 atom stereocenters. The maximum absolute atomic E-state index is 13.2. The van der Waals surface area contributed by atoms with Gasteiger partial charge in [-0.05, 0) is 42.5 Å². The van der Waals surface area contributed by atoms with E-state index in [1.54, 1.807) is 36.4 Å². The zero-order valence-corrected chi connectivity index (χ0v) is 20.1. The minimum absolute atomic E-state index is 0.0236. The number of piperazine rings is 1. The molecule has 2 aliphatic heterocycles. The monoisotopic (exact) mass is 505 g/mol. The van der Waals surface area contributed by atoms with E-state index in [-0.39, 0.29) is 12.2 Å². The van der Waals surface area contributed by atoms with Gasteiger partial charge in [0, 0.05) is 54.8 Å². The number of aliphatic imine (C=N–C) groups is 1. The highest BCUT2D eigenvalue weighted by Crippen LogP contribution is 2.30. The highest BCUT2D eigenvalue weighted by atomic mass is 35.5. The summed E-state index contributed by atoms with van der Waals surface area (Å²) >= 11 is 12.1. The van der Waals surface area contributed by atoms with E-state index in [1.807, 2.05) is 29.3 Å². The summed E-state index contributed by atoms with van der Waals surface area (Å²) in [5, 5.41) is 4.37. The van der Waals surface area contributed by atoms with Crippen molar-refractivity contribution in [3.05, 3.63) is 81.8 Å². The SMILES string of the molecule is O=C(c1ccc2nc(-c3ccc(Cl)c(Cl)c3)oc2c1)N1CCN(C2N=Cc3ccccc3N2)CC1. The van der Waals surface area contributed by atoms with E-state index in [9.17, 15) is 4.79 Å². The summed E-state index contributed by atoms with van der Waals surface area (Å²) in [5.41, 5.74) is 4.69. The predicted octanol–water partition coefficient (Wildman–Crippen LogP) is 5.39. The molecule has 7 nitrogen and oxygen atoms in total. The third kappa shape index (κ3) is 4.27. The molecular weight excluding hydrogens is 485 g/mol. The molecule has 176 valence electrons. The number of hydrogen-bond donors (Lipinski definition) is 1. The molecule has 1 amide bonds. The molecule has 0 radical (unpaired) electrons. The van der Waals surface area contributed by atoms with Crippen molar-refractivity contribution < 1.29 is 9.21 Å². The van der Waals surface area contributed by atoms with Gasteiger partial charge in [0.2, 0.25) is 5.89 Å². The van der Waals surface area contributed by atoms with Gasteiger partial charge >= 0.3 is 0 Å². The number of aromatic nitrogens is 1. The third-order valence-corrected chi connectivity index (χ3v) is 7.09. The van der Waals surface area contributed by atoms with Crippen LogP contribution in [0.1, 0.15) is 15.9 Å². The summed E-state index contributed by atoms with van der Waals surface area (Å²) in [6.07, 6.45) is 1.79. The lowest BCUT2D eigenvalue weighted by molar-refractivity contribution is 0.0595. The topological polar surface area (TPSA) is 74.0 Å². The molecular formula is C26H21Cl2N5O2. The second-order valence-electron chi connectivity index (χ2n) is 8.54. The Bertz CT molecular complexity index is 1460. The molecule has 6 rings (SSSR count). The molecule has 1 saturated heterocycles. The summed E-state index contributed by atoms with van der Waals surface area (Å²) in [6.45, 7) is 2.71. The van der Waals surface area contributed by atoms with Crippen molar-refractivity contribution in [1.82, 2.24) is 14.8 Å². The first-order valence-electron chi connectivity index (χ1n) is 11.3. The van der Waals surface area contributed by atoms with Crippen molar-refractivity contribution in [2.24, 2.45) is 4.99 Å². The lowest BCUT2D eigenvalue weighted by Crippen LogP contribution is -2.53. The molecule has 1 fully saturated rings. The van der Waals surface area contributed by atoms with Crippen LogP contribution in [0.4, 0.5) is 5.69 Å². The number of halogens is 2. The molecule has 0 bridgehead atoms. The van der Waals surface area contributed by atoms with E-state index in [0.29, 0.717) is 45.7 Å². The molecule has 0 saturated carbocycles. The standard InChI is InChI=1S/C26H21Cl2N5O2/c27-19-7-5-16(13-20(19)28)24-30-22-8-6-17(14-23(22)35-24)25(34)32-9-11-33(12-10-32)26-29-15-18-3-1-2-4-21(18)31-26/h1-8,13-15,26,31H,9-12H2. The van der Waals surface area contributed by atoms with E-state index < -0.39 is 0 Å². The number of para-hydroxylation sites is 1. The Hall–Kier alpha value is -3.39. The zero-order chi connectivity index (χ0) is 23.9. The Morgan fingerprint density at radius 2 is 1.80 bits per heavy atom. The van der Waals surface area contributed by atoms with E-state index in [4.69, 9.17) is 27.6 Å². The van der Waals surface area contributed by atoms with Gasteiger partial charge in [-0.3, -0.25) is 14.7 Å². The number of oxazole rings is 1. The number of rotatable bonds is 3. The van der Waals surface area contributed by atoms with Gasteiger partial charge in [-0.15, -0.1) is 0 Å². The number of carbonyl (C=O) groups excluding carboxylic acids is 1. The zero-order valence-electron chi connectivity index (χ0n) is 18.6. The van der Waals surface area contributed by atoms with Gasteiger partial charge in [-0.1, -0.05) is 41.4 Å². The first kappa shape index (κ1) is 22.1. The molecule has 3 aromatic carbocycles. The molecule has 9 heteroatoms. The van der Waals surface area contributed by atoms with Crippen molar-refractivity contribution in [1.29, 1.82) is 0 Å².